The Morgan fingerprint density at radius 1 is 1.29 bits per heavy atom. The Kier molecular flexibility index (Phi) is 5.98. The number of hydrogen-bond acceptors (Lipinski definition) is 4. The normalized spacial score (nSPS) is 19.9. The maximum Gasteiger partial charge on any atom is 0.401 e. The lowest BCUT2D eigenvalue weighted by atomic mass is 10.1. The molecule has 9 heteroatoms. The summed E-state index contributed by atoms with van der Waals surface area (Å²) in [5, 5.41) is 2.70. The van der Waals surface area contributed by atoms with Crippen LogP contribution >= 0.6 is 0 Å². The van der Waals surface area contributed by atoms with Gasteiger partial charge in [0.25, 0.3) is 0 Å². The molecule has 6 nitrogen and oxygen atoms in total. The van der Waals surface area contributed by atoms with Crippen LogP contribution in [0.4, 0.5) is 23.7 Å². The second-order valence-electron chi connectivity index (χ2n) is 6.07. The fourth-order valence-electron chi connectivity index (χ4n) is 2.71. The molecular formula is C15H22F3N5O. The Balaban J connectivity index is 1.94. The molecule has 1 aromatic rings. The lowest BCUT2D eigenvalue weighted by Gasteiger charge is -2.22. The molecule has 0 aliphatic carbocycles. The molecule has 1 aromatic heterocycles. The second kappa shape index (κ2) is 7.78. The fourth-order valence-corrected chi connectivity index (χ4v) is 2.71. The summed E-state index contributed by atoms with van der Waals surface area (Å²) in [6.07, 6.45) is -0.468. The van der Waals surface area contributed by atoms with E-state index in [0.29, 0.717) is 31.0 Å². The van der Waals surface area contributed by atoms with Crippen LogP contribution in [0.25, 0.3) is 0 Å². The Labute approximate surface area is 139 Å². The molecule has 1 N–H and O–H groups in total. The summed E-state index contributed by atoms with van der Waals surface area (Å²) in [6, 6.07) is -0.344. The molecule has 1 aliphatic heterocycles. The molecular weight excluding hydrogens is 323 g/mol. The highest BCUT2D eigenvalue weighted by Crippen LogP contribution is 2.19. The van der Waals surface area contributed by atoms with E-state index in [4.69, 9.17) is 0 Å². The van der Waals surface area contributed by atoms with Gasteiger partial charge in [0.2, 0.25) is 0 Å². The molecule has 0 radical (unpaired) electrons. The standard InChI is InChI=1S/C15H22F3N5O/c1-3-13-19-6-12(7-20-13)21-14(24)23-5-4-22(8-11(2)9-23)10-15(16,17)18/h6-7,11H,3-5,8-10H2,1-2H3,(H,21,24)/t11-/m0/s1. The van der Waals surface area contributed by atoms with E-state index in [-0.39, 0.29) is 25.0 Å². The zero-order valence-electron chi connectivity index (χ0n) is 13.8. The summed E-state index contributed by atoms with van der Waals surface area (Å²) in [6.45, 7) is 4.00. The smallest absolute Gasteiger partial charge is 0.323 e. The van der Waals surface area contributed by atoms with Crippen LogP contribution in [0.1, 0.15) is 19.7 Å². The molecule has 0 saturated carbocycles. The van der Waals surface area contributed by atoms with E-state index < -0.39 is 12.7 Å². The lowest BCUT2D eigenvalue weighted by Crippen LogP contribution is -2.40. The Morgan fingerprint density at radius 2 is 1.96 bits per heavy atom. The maximum atomic E-state index is 12.6. The number of aryl methyl sites for hydroxylation is 1. The fraction of sp³-hybridized carbons (Fsp3) is 0.667. The zero-order valence-corrected chi connectivity index (χ0v) is 13.8. The third-order valence-corrected chi connectivity index (χ3v) is 3.75. The van der Waals surface area contributed by atoms with Crippen molar-refractivity contribution in [3.8, 4) is 0 Å². The SMILES string of the molecule is CCc1ncc(NC(=O)N2CCN(CC(F)(F)F)C[C@H](C)C2)cn1. The van der Waals surface area contributed by atoms with Gasteiger partial charge >= 0.3 is 12.2 Å². The van der Waals surface area contributed by atoms with Crippen LogP contribution in [-0.4, -0.2) is 64.7 Å². The van der Waals surface area contributed by atoms with Crippen LogP contribution in [0.5, 0.6) is 0 Å². The molecule has 2 amide bonds. The minimum Gasteiger partial charge on any atom is -0.323 e. The van der Waals surface area contributed by atoms with Gasteiger partial charge in [-0.3, -0.25) is 4.90 Å². The van der Waals surface area contributed by atoms with Crippen LogP contribution in [0, 0.1) is 5.92 Å². The average molecular weight is 345 g/mol. The van der Waals surface area contributed by atoms with Crippen molar-refractivity contribution in [1.29, 1.82) is 0 Å². The molecule has 0 spiro atoms. The van der Waals surface area contributed by atoms with Crippen molar-refractivity contribution >= 4 is 11.7 Å². The molecule has 1 saturated heterocycles. The lowest BCUT2D eigenvalue weighted by molar-refractivity contribution is -0.146. The van der Waals surface area contributed by atoms with Gasteiger partial charge in [-0.15, -0.1) is 0 Å². The first kappa shape index (κ1) is 18.4. The molecule has 1 aliphatic rings. The number of carbonyl (C=O) groups excluding carboxylic acids is 1. The largest absolute Gasteiger partial charge is 0.401 e. The summed E-state index contributed by atoms with van der Waals surface area (Å²) >= 11 is 0. The Morgan fingerprint density at radius 3 is 2.54 bits per heavy atom. The summed E-state index contributed by atoms with van der Waals surface area (Å²) in [5.74, 6) is 0.638. The number of carbonyl (C=O) groups is 1. The number of hydrogen-bond donors (Lipinski definition) is 1. The summed E-state index contributed by atoms with van der Waals surface area (Å²) < 4.78 is 37.7. The minimum absolute atomic E-state index is 0.0423. The third kappa shape index (κ3) is 5.63. The van der Waals surface area contributed by atoms with Gasteiger partial charge < -0.3 is 10.2 Å². The number of aromatic nitrogens is 2. The van der Waals surface area contributed by atoms with Crippen LogP contribution in [-0.2, 0) is 6.42 Å². The van der Waals surface area contributed by atoms with E-state index in [2.05, 4.69) is 15.3 Å². The van der Waals surface area contributed by atoms with Crippen molar-refractivity contribution in [3.63, 3.8) is 0 Å². The van der Waals surface area contributed by atoms with Crippen LogP contribution in [0.15, 0.2) is 12.4 Å². The third-order valence-electron chi connectivity index (χ3n) is 3.75. The van der Waals surface area contributed by atoms with Gasteiger partial charge in [0.1, 0.15) is 5.82 Å². The second-order valence-corrected chi connectivity index (χ2v) is 6.07. The van der Waals surface area contributed by atoms with E-state index in [0.717, 1.165) is 0 Å². The molecule has 1 atom stereocenters. The predicted octanol–water partition coefficient (Wildman–Crippen LogP) is 2.39. The van der Waals surface area contributed by atoms with Crippen molar-refractivity contribution in [2.45, 2.75) is 26.4 Å². The number of urea groups is 1. The quantitative estimate of drug-likeness (QED) is 0.914. The molecule has 0 bridgehead atoms. The monoisotopic (exact) mass is 345 g/mol. The van der Waals surface area contributed by atoms with Crippen molar-refractivity contribution in [1.82, 2.24) is 19.8 Å². The highest BCUT2D eigenvalue weighted by Gasteiger charge is 2.33. The molecule has 2 rings (SSSR count). The van der Waals surface area contributed by atoms with Gasteiger partial charge in [-0.05, 0) is 5.92 Å². The summed E-state index contributed by atoms with van der Waals surface area (Å²) in [7, 11) is 0. The molecule has 1 fully saturated rings. The van der Waals surface area contributed by atoms with E-state index in [1.807, 2.05) is 13.8 Å². The van der Waals surface area contributed by atoms with Gasteiger partial charge in [-0.1, -0.05) is 13.8 Å². The van der Waals surface area contributed by atoms with Crippen LogP contribution in [0.3, 0.4) is 0 Å². The average Bonchev–Trinajstić information content (AvgIpc) is 2.67. The topological polar surface area (TPSA) is 61.4 Å². The molecule has 24 heavy (non-hydrogen) atoms. The highest BCUT2D eigenvalue weighted by atomic mass is 19.4. The number of halogens is 3. The number of amides is 2. The van der Waals surface area contributed by atoms with Gasteiger partial charge in [0, 0.05) is 32.6 Å². The number of alkyl halides is 3. The maximum absolute atomic E-state index is 12.6. The Hall–Kier alpha value is -1.90. The zero-order chi connectivity index (χ0) is 17.7. The first-order valence-corrected chi connectivity index (χ1v) is 7.92. The summed E-state index contributed by atoms with van der Waals surface area (Å²) in [5.41, 5.74) is 0.473. The van der Waals surface area contributed by atoms with E-state index >= 15 is 0 Å². The predicted molar refractivity (Wildman–Crippen MR) is 83.7 cm³/mol. The summed E-state index contributed by atoms with van der Waals surface area (Å²) in [4.78, 5) is 23.4. The van der Waals surface area contributed by atoms with E-state index in [1.165, 1.54) is 22.2 Å². The number of nitrogens with one attached hydrogen (secondary N) is 1. The van der Waals surface area contributed by atoms with Gasteiger partial charge in [-0.25, -0.2) is 14.8 Å². The van der Waals surface area contributed by atoms with Crippen molar-refractivity contribution in [2.75, 3.05) is 38.0 Å². The van der Waals surface area contributed by atoms with E-state index in [9.17, 15) is 18.0 Å². The van der Waals surface area contributed by atoms with Gasteiger partial charge in [-0.2, -0.15) is 13.2 Å². The van der Waals surface area contributed by atoms with Crippen molar-refractivity contribution in [2.24, 2.45) is 5.92 Å². The van der Waals surface area contributed by atoms with Crippen LogP contribution < -0.4 is 5.32 Å². The number of rotatable bonds is 3. The molecule has 0 aromatic carbocycles. The van der Waals surface area contributed by atoms with Gasteiger partial charge in [0.15, 0.2) is 0 Å². The highest BCUT2D eigenvalue weighted by molar-refractivity contribution is 5.88. The first-order valence-electron chi connectivity index (χ1n) is 7.92. The first-order chi connectivity index (χ1) is 11.3. The van der Waals surface area contributed by atoms with E-state index in [1.54, 1.807) is 0 Å². The van der Waals surface area contributed by atoms with Crippen molar-refractivity contribution < 1.29 is 18.0 Å². The van der Waals surface area contributed by atoms with Gasteiger partial charge in [0.05, 0.1) is 24.6 Å². The number of nitrogens with zero attached hydrogens (tertiary/aromatic N) is 4. The molecule has 2 heterocycles. The number of anilines is 1. The minimum atomic E-state index is -4.23. The Bertz CT molecular complexity index is 549. The molecule has 0 unspecified atom stereocenters. The van der Waals surface area contributed by atoms with Crippen LogP contribution in [0.2, 0.25) is 0 Å². The van der Waals surface area contributed by atoms with Crippen molar-refractivity contribution in [3.05, 3.63) is 18.2 Å². The molecule has 134 valence electrons.